The predicted molar refractivity (Wildman–Crippen MR) is 92.9 cm³/mol. The normalized spacial score (nSPS) is 18.0. The summed E-state index contributed by atoms with van der Waals surface area (Å²) in [6.07, 6.45) is 5.67. The lowest BCUT2D eigenvalue weighted by molar-refractivity contribution is 0.0703. The summed E-state index contributed by atoms with van der Waals surface area (Å²) in [6.45, 7) is 3.41. The highest BCUT2D eigenvalue weighted by Crippen LogP contribution is 2.26. The van der Waals surface area contributed by atoms with Gasteiger partial charge in [-0.1, -0.05) is 18.2 Å². The minimum Gasteiger partial charge on any atom is -0.348 e. The average Bonchev–Trinajstić information content (AvgIpc) is 3.15. The Morgan fingerprint density at radius 2 is 2.21 bits per heavy atom. The van der Waals surface area contributed by atoms with E-state index >= 15 is 0 Å². The highest BCUT2D eigenvalue weighted by molar-refractivity contribution is 5.98. The molecule has 0 saturated carbocycles. The molecule has 1 N–H and O–H groups in total. The standard InChI is InChI=1S/C19H20N4O/c1-13-16(11-14-5-2-3-7-17(14)22-13)19(24)23-10-4-6-15(12-23)18-20-8-9-21-18/h2-3,5,7-9,11,15H,4,6,10,12H2,1H3,(H,20,21). The maximum atomic E-state index is 13.0. The van der Waals surface area contributed by atoms with Crippen molar-refractivity contribution < 1.29 is 4.79 Å². The quantitative estimate of drug-likeness (QED) is 0.788. The fourth-order valence-corrected chi connectivity index (χ4v) is 3.48. The lowest BCUT2D eigenvalue weighted by atomic mass is 9.96. The highest BCUT2D eigenvalue weighted by Gasteiger charge is 2.27. The van der Waals surface area contributed by atoms with Crippen LogP contribution in [0.15, 0.2) is 42.7 Å². The number of nitrogens with zero attached hydrogens (tertiary/aromatic N) is 3. The van der Waals surface area contributed by atoms with E-state index in [9.17, 15) is 4.79 Å². The number of imidazole rings is 1. The number of benzene rings is 1. The molecule has 1 unspecified atom stereocenters. The van der Waals surface area contributed by atoms with Crippen LogP contribution in [0, 0.1) is 6.92 Å². The van der Waals surface area contributed by atoms with E-state index in [0.717, 1.165) is 41.8 Å². The number of hydrogen-bond donors (Lipinski definition) is 1. The molecular weight excluding hydrogens is 300 g/mol. The number of hydrogen-bond acceptors (Lipinski definition) is 3. The number of pyridine rings is 1. The second kappa shape index (κ2) is 6.07. The van der Waals surface area contributed by atoms with E-state index < -0.39 is 0 Å². The molecule has 4 rings (SSSR count). The number of rotatable bonds is 2. The molecule has 24 heavy (non-hydrogen) atoms. The lowest BCUT2D eigenvalue weighted by Crippen LogP contribution is -2.39. The summed E-state index contributed by atoms with van der Waals surface area (Å²) >= 11 is 0. The van der Waals surface area contributed by atoms with E-state index in [4.69, 9.17) is 0 Å². The minimum atomic E-state index is 0.0713. The maximum Gasteiger partial charge on any atom is 0.255 e. The molecule has 122 valence electrons. The largest absolute Gasteiger partial charge is 0.348 e. The van der Waals surface area contributed by atoms with E-state index in [1.807, 2.05) is 48.4 Å². The van der Waals surface area contributed by atoms with Crippen LogP contribution in [0.2, 0.25) is 0 Å². The highest BCUT2D eigenvalue weighted by atomic mass is 16.2. The van der Waals surface area contributed by atoms with Crippen molar-refractivity contribution in [2.75, 3.05) is 13.1 Å². The smallest absolute Gasteiger partial charge is 0.255 e. The van der Waals surface area contributed by atoms with Crippen LogP contribution in [0.4, 0.5) is 0 Å². The molecule has 0 spiro atoms. The van der Waals surface area contributed by atoms with Gasteiger partial charge < -0.3 is 9.88 Å². The number of fused-ring (bicyclic) bond motifs is 1. The number of amides is 1. The van der Waals surface area contributed by atoms with E-state index in [0.29, 0.717) is 12.1 Å². The van der Waals surface area contributed by atoms with Crippen molar-refractivity contribution in [3.63, 3.8) is 0 Å². The Kier molecular flexibility index (Phi) is 3.76. The first kappa shape index (κ1) is 14.9. The molecule has 3 heterocycles. The number of carbonyl (C=O) groups is 1. The van der Waals surface area contributed by atoms with Gasteiger partial charge in [-0.05, 0) is 31.9 Å². The fourth-order valence-electron chi connectivity index (χ4n) is 3.48. The van der Waals surface area contributed by atoms with Crippen molar-refractivity contribution in [1.29, 1.82) is 0 Å². The second-order valence-corrected chi connectivity index (χ2v) is 6.38. The number of para-hydroxylation sites is 1. The fraction of sp³-hybridized carbons (Fsp3) is 0.316. The van der Waals surface area contributed by atoms with Crippen LogP contribution in [0.1, 0.15) is 40.6 Å². The number of carbonyl (C=O) groups excluding carboxylic acids is 1. The third-order valence-corrected chi connectivity index (χ3v) is 4.76. The Morgan fingerprint density at radius 3 is 3.04 bits per heavy atom. The predicted octanol–water partition coefficient (Wildman–Crippen LogP) is 3.29. The summed E-state index contributed by atoms with van der Waals surface area (Å²) in [7, 11) is 0. The van der Waals surface area contributed by atoms with Gasteiger partial charge in [-0.2, -0.15) is 0 Å². The first-order chi connectivity index (χ1) is 11.7. The van der Waals surface area contributed by atoms with Crippen LogP contribution in [-0.2, 0) is 0 Å². The van der Waals surface area contributed by atoms with Crippen molar-refractivity contribution in [2.45, 2.75) is 25.7 Å². The second-order valence-electron chi connectivity index (χ2n) is 6.38. The summed E-state index contributed by atoms with van der Waals surface area (Å²) in [5, 5.41) is 1.01. The first-order valence-electron chi connectivity index (χ1n) is 8.37. The number of H-pyrrole nitrogens is 1. The van der Waals surface area contributed by atoms with Gasteiger partial charge in [0.2, 0.25) is 0 Å². The molecule has 0 bridgehead atoms. The zero-order valence-electron chi connectivity index (χ0n) is 13.7. The van der Waals surface area contributed by atoms with Gasteiger partial charge in [0.25, 0.3) is 5.91 Å². The summed E-state index contributed by atoms with van der Waals surface area (Å²) < 4.78 is 0. The van der Waals surface area contributed by atoms with Crippen LogP contribution in [0.25, 0.3) is 10.9 Å². The van der Waals surface area contributed by atoms with Gasteiger partial charge in [-0.25, -0.2) is 4.98 Å². The molecule has 1 aliphatic rings. The summed E-state index contributed by atoms with van der Waals surface area (Å²) in [4.78, 5) is 27.1. The maximum absolute atomic E-state index is 13.0. The number of nitrogens with one attached hydrogen (secondary N) is 1. The van der Waals surface area contributed by atoms with Gasteiger partial charge in [0.1, 0.15) is 5.82 Å². The zero-order valence-corrected chi connectivity index (χ0v) is 13.7. The topological polar surface area (TPSA) is 61.9 Å². The van der Waals surface area contributed by atoms with E-state index in [1.165, 1.54) is 0 Å². The van der Waals surface area contributed by atoms with Crippen LogP contribution < -0.4 is 0 Å². The Hall–Kier alpha value is -2.69. The Bertz CT molecular complexity index is 872. The molecule has 5 nitrogen and oxygen atoms in total. The van der Waals surface area contributed by atoms with Crippen molar-refractivity contribution >= 4 is 16.8 Å². The summed E-state index contributed by atoms with van der Waals surface area (Å²) in [5.74, 6) is 1.33. The molecule has 0 radical (unpaired) electrons. The van der Waals surface area contributed by atoms with Crippen molar-refractivity contribution in [2.24, 2.45) is 0 Å². The van der Waals surface area contributed by atoms with Crippen LogP contribution in [-0.4, -0.2) is 38.8 Å². The molecular formula is C19H20N4O. The molecule has 1 amide bonds. The molecule has 1 atom stereocenters. The third kappa shape index (κ3) is 2.66. The Balaban J connectivity index is 1.62. The Labute approximate surface area is 140 Å². The monoisotopic (exact) mass is 320 g/mol. The van der Waals surface area contributed by atoms with Crippen LogP contribution >= 0.6 is 0 Å². The molecule has 5 heteroatoms. The first-order valence-corrected chi connectivity index (χ1v) is 8.37. The van der Waals surface area contributed by atoms with Crippen molar-refractivity contribution in [1.82, 2.24) is 19.9 Å². The molecule has 0 aliphatic carbocycles. The molecule has 1 saturated heterocycles. The number of likely N-dealkylation sites (tertiary alicyclic amines) is 1. The number of aryl methyl sites for hydroxylation is 1. The van der Waals surface area contributed by atoms with Crippen molar-refractivity contribution in [3.8, 4) is 0 Å². The van der Waals surface area contributed by atoms with Crippen LogP contribution in [0.5, 0.6) is 0 Å². The number of aromatic nitrogens is 3. The van der Waals surface area contributed by atoms with Crippen LogP contribution in [0.3, 0.4) is 0 Å². The van der Waals surface area contributed by atoms with Gasteiger partial charge in [0, 0.05) is 36.8 Å². The van der Waals surface area contributed by atoms with Gasteiger partial charge in [0.05, 0.1) is 16.8 Å². The number of aromatic amines is 1. The molecule has 1 fully saturated rings. The zero-order chi connectivity index (χ0) is 16.5. The van der Waals surface area contributed by atoms with Crippen molar-refractivity contribution in [3.05, 3.63) is 59.8 Å². The lowest BCUT2D eigenvalue weighted by Gasteiger charge is -2.32. The third-order valence-electron chi connectivity index (χ3n) is 4.76. The van der Waals surface area contributed by atoms with Gasteiger partial charge >= 0.3 is 0 Å². The minimum absolute atomic E-state index is 0.0713. The number of piperidine rings is 1. The van der Waals surface area contributed by atoms with Gasteiger partial charge in [-0.3, -0.25) is 9.78 Å². The molecule has 1 aliphatic heterocycles. The Morgan fingerprint density at radius 1 is 1.33 bits per heavy atom. The van der Waals surface area contributed by atoms with Gasteiger partial charge in [0.15, 0.2) is 0 Å². The van der Waals surface area contributed by atoms with Gasteiger partial charge in [-0.15, -0.1) is 0 Å². The summed E-state index contributed by atoms with van der Waals surface area (Å²) in [6, 6.07) is 9.89. The van der Waals surface area contributed by atoms with E-state index in [-0.39, 0.29) is 11.8 Å². The van der Waals surface area contributed by atoms with E-state index in [1.54, 1.807) is 6.20 Å². The summed E-state index contributed by atoms with van der Waals surface area (Å²) in [5.41, 5.74) is 2.42. The molecule has 3 aromatic rings. The van der Waals surface area contributed by atoms with E-state index in [2.05, 4.69) is 15.0 Å². The molecule has 1 aromatic carbocycles. The SMILES string of the molecule is Cc1nc2ccccc2cc1C(=O)N1CCCC(c2ncc[nH]2)C1. The molecule has 2 aromatic heterocycles. The average molecular weight is 320 g/mol.